The number of carbonyl (C=O) groups is 1. The van der Waals surface area contributed by atoms with Crippen LogP contribution in [0.3, 0.4) is 0 Å². The Hall–Kier alpha value is -1.43. The van der Waals surface area contributed by atoms with Gasteiger partial charge >= 0.3 is 0 Å². The van der Waals surface area contributed by atoms with Gasteiger partial charge in [0, 0.05) is 6.54 Å². The molecule has 17 heavy (non-hydrogen) atoms. The van der Waals surface area contributed by atoms with Crippen molar-refractivity contribution in [1.29, 1.82) is 0 Å². The van der Waals surface area contributed by atoms with E-state index in [1.807, 2.05) is 0 Å². The number of amides is 1. The van der Waals surface area contributed by atoms with Gasteiger partial charge in [-0.2, -0.15) is 5.10 Å². The lowest BCUT2D eigenvalue weighted by Crippen LogP contribution is -2.32. The summed E-state index contributed by atoms with van der Waals surface area (Å²) in [4.78, 5) is 15.4. The van der Waals surface area contributed by atoms with Crippen LogP contribution in [0.15, 0.2) is 6.33 Å². The number of nitrogens with one attached hydrogen (secondary N) is 2. The zero-order chi connectivity index (χ0) is 12.1. The summed E-state index contributed by atoms with van der Waals surface area (Å²) in [5.74, 6) is 1.35. The van der Waals surface area contributed by atoms with Crippen LogP contribution >= 0.6 is 0 Å². The summed E-state index contributed by atoms with van der Waals surface area (Å²) >= 11 is 0. The van der Waals surface area contributed by atoms with Crippen molar-refractivity contribution < 1.29 is 4.79 Å². The quantitative estimate of drug-likeness (QED) is 0.701. The predicted molar refractivity (Wildman–Crippen MR) is 63.2 cm³/mol. The van der Waals surface area contributed by atoms with E-state index in [1.165, 1.54) is 19.2 Å². The highest BCUT2D eigenvalue weighted by Gasteiger charge is 2.20. The summed E-state index contributed by atoms with van der Waals surface area (Å²) < 4.78 is 0. The largest absolute Gasteiger partial charge is 0.349 e. The van der Waals surface area contributed by atoms with Crippen molar-refractivity contribution in [1.82, 2.24) is 20.5 Å². The maximum atomic E-state index is 11.6. The van der Waals surface area contributed by atoms with Gasteiger partial charge < -0.3 is 11.1 Å². The van der Waals surface area contributed by atoms with Crippen LogP contribution in [0.5, 0.6) is 0 Å². The number of rotatable bonds is 4. The zero-order valence-corrected chi connectivity index (χ0v) is 9.85. The third-order valence-electron chi connectivity index (χ3n) is 3.48. The highest BCUT2D eigenvalue weighted by atomic mass is 16.2. The molecule has 6 heteroatoms. The maximum absolute atomic E-state index is 11.6. The summed E-state index contributed by atoms with van der Waals surface area (Å²) in [6.07, 6.45) is 6.00. The monoisotopic (exact) mass is 237 g/mol. The summed E-state index contributed by atoms with van der Waals surface area (Å²) in [5.41, 5.74) is 5.65. The Kier molecular flexibility index (Phi) is 4.08. The Morgan fingerprint density at radius 2 is 2.12 bits per heavy atom. The second kappa shape index (κ2) is 5.77. The van der Waals surface area contributed by atoms with E-state index in [2.05, 4.69) is 20.5 Å². The van der Waals surface area contributed by atoms with E-state index in [0.29, 0.717) is 11.8 Å². The average molecular weight is 237 g/mol. The first-order valence-electron chi connectivity index (χ1n) is 6.13. The summed E-state index contributed by atoms with van der Waals surface area (Å²) in [7, 11) is 0. The number of aromatic nitrogens is 3. The number of H-pyrrole nitrogens is 1. The standard InChI is InChI=1S/C11H19N5O/c12-5-8-1-3-9(4-2-8)6-13-11(17)10-14-7-15-16-10/h7-9H,1-6,12H2,(H,13,17)(H,14,15,16). The lowest BCUT2D eigenvalue weighted by molar-refractivity contribution is 0.0931. The van der Waals surface area contributed by atoms with Gasteiger partial charge in [0.15, 0.2) is 0 Å². The van der Waals surface area contributed by atoms with Gasteiger partial charge in [-0.15, -0.1) is 0 Å². The fraction of sp³-hybridized carbons (Fsp3) is 0.727. The number of aromatic amines is 1. The van der Waals surface area contributed by atoms with Crippen LogP contribution in [0.1, 0.15) is 36.3 Å². The zero-order valence-electron chi connectivity index (χ0n) is 9.85. The lowest BCUT2D eigenvalue weighted by atomic mass is 9.82. The summed E-state index contributed by atoms with van der Waals surface area (Å²) in [6, 6.07) is 0. The molecule has 1 saturated carbocycles. The van der Waals surface area contributed by atoms with Crippen molar-refractivity contribution >= 4 is 5.91 Å². The highest BCUT2D eigenvalue weighted by molar-refractivity contribution is 5.90. The smallest absolute Gasteiger partial charge is 0.288 e. The van der Waals surface area contributed by atoms with E-state index in [1.54, 1.807) is 0 Å². The van der Waals surface area contributed by atoms with Crippen LogP contribution in [0.25, 0.3) is 0 Å². The molecule has 1 heterocycles. The van der Waals surface area contributed by atoms with Crippen LogP contribution in [-0.4, -0.2) is 34.2 Å². The molecule has 0 aliphatic heterocycles. The maximum Gasteiger partial charge on any atom is 0.288 e. The minimum Gasteiger partial charge on any atom is -0.349 e. The van der Waals surface area contributed by atoms with Crippen LogP contribution in [0.4, 0.5) is 0 Å². The third kappa shape index (κ3) is 3.26. The molecule has 94 valence electrons. The van der Waals surface area contributed by atoms with Gasteiger partial charge in [0.25, 0.3) is 5.91 Å². The van der Waals surface area contributed by atoms with Gasteiger partial charge in [-0.05, 0) is 44.1 Å². The molecule has 0 saturated heterocycles. The fourth-order valence-electron chi connectivity index (χ4n) is 2.31. The van der Waals surface area contributed by atoms with E-state index in [9.17, 15) is 4.79 Å². The Morgan fingerprint density at radius 3 is 2.71 bits per heavy atom. The molecule has 1 amide bonds. The van der Waals surface area contributed by atoms with Gasteiger partial charge in [-0.25, -0.2) is 4.98 Å². The summed E-state index contributed by atoms with van der Waals surface area (Å²) in [5, 5.41) is 9.08. The Bertz CT molecular complexity index is 343. The van der Waals surface area contributed by atoms with Crippen LogP contribution in [0, 0.1) is 11.8 Å². The second-order valence-electron chi connectivity index (χ2n) is 4.67. The van der Waals surface area contributed by atoms with Crippen molar-refractivity contribution in [2.24, 2.45) is 17.6 Å². The molecule has 0 atom stereocenters. The molecular weight excluding hydrogens is 218 g/mol. The number of hydrogen-bond donors (Lipinski definition) is 3. The van der Waals surface area contributed by atoms with E-state index < -0.39 is 0 Å². The SMILES string of the molecule is NCC1CCC(CNC(=O)c2ncn[nH]2)CC1. The molecule has 1 fully saturated rings. The number of carbonyl (C=O) groups excluding carboxylic acids is 1. The first-order valence-corrected chi connectivity index (χ1v) is 6.13. The minimum atomic E-state index is -0.177. The van der Waals surface area contributed by atoms with Gasteiger partial charge in [0.2, 0.25) is 5.82 Å². The second-order valence-corrected chi connectivity index (χ2v) is 4.67. The Balaban J connectivity index is 1.71. The molecule has 0 spiro atoms. The predicted octanol–water partition coefficient (Wildman–Crippen LogP) is 0.300. The van der Waals surface area contributed by atoms with E-state index in [0.717, 1.165) is 25.9 Å². The molecule has 0 aromatic carbocycles. The van der Waals surface area contributed by atoms with Crippen molar-refractivity contribution in [2.45, 2.75) is 25.7 Å². The normalized spacial score (nSPS) is 24.5. The van der Waals surface area contributed by atoms with Crippen molar-refractivity contribution in [3.05, 3.63) is 12.2 Å². The Labute approximate surface area is 100 Å². The summed E-state index contributed by atoms with van der Waals surface area (Å²) in [6.45, 7) is 1.51. The molecule has 0 radical (unpaired) electrons. The number of nitrogens with zero attached hydrogens (tertiary/aromatic N) is 2. The molecule has 6 nitrogen and oxygen atoms in total. The molecule has 1 aromatic heterocycles. The molecule has 1 aliphatic rings. The van der Waals surface area contributed by atoms with Gasteiger partial charge in [0.05, 0.1) is 0 Å². The molecule has 4 N–H and O–H groups in total. The van der Waals surface area contributed by atoms with Crippen LogP contribution in [0.2, 0.25) is 0 Å². The highest BCUT2D eigenvalue weighted by Crippen LogP contribution is 2.27. The molecular formula is C11H19N5O. The van der Waals surface area contributed by atoms with E-state index in [-0.39, 0.29) is 11.7 Å². The van der Waals surface area contributed by atoms with Crippen LogP contribution in [-0.2, 0) is 0 Å². The van der Waals surface area contributed by atoms with Gasteiger partial charge in [-0.1, -0.05) is 0 Å². The van der Waals surface area contributed by atoms with E-state index >= 15 is 0 Å². The molecule has 1 aromatic rings. The number of hydrogen-bond acceptors (Lipinski definition) is 4. The minimum absolute atomic E-state index is 0.177. The Morgan fingerprint density at radius 1 is 1.41 bits per heavy atom. The topological polar surface area (TPSA) is 96.7 Å². The lowest BCUT2D eigenvalue weighted by Gasteiger charge is -2.27. The fourth-order valence-corrected chi connectivity index (χ4v) is 2.31. The third-order valence-corrected chi connectivity index (χ3v) is 3.48. The molecule has 1 aliphatic carbocycles. The molecule has 0 unspecified atom stereocenters. The van der Waals surface area contributed by atoms with E-state index in [4.69, 9.17) is 5.73 Å². The van der Waals surface area contributed by atoms with Crippen molar-refractivity contribution in [3.8, 4) is 0 Å². The molecule has 0 bridgehead atoms. The van der Waals surface area contributed by atoms with Crippen molar-refractivity contribution in [2.75, 3.05) is 13.1 Å². The number of nitrogens with two attached hydrogens (primary N) is 1. The first-order chi connectivity index (χ1) is 8.29. The van der Waals surface area contributed by atoms with Gasteiger partial charge in [0.1, 0.15) is 6.33 Å². The van der Waals surface area contributed by atoms with Crippen LogP contribution < -0.4 is 11.1 Å². The van der Waals surface area contributed by atoms with Gasteiger partial charge in [-0.3, -0.25) is 9.89 Å². The molecule has 2 rings (SSSR count). The first kappa shape index (κ1) is 12.0. The van der Waals surface area contributed by atoms with Crippen molar-refractivity contribution in [3.63, 3.8) is 0 Å². The average Bonchev–Trinajstić information content (AvgIpc) is 2.90.